The Labute approximate surface area is 136 Å². The van der Waals surface area contributed by atoms with Gasteiger partial charge in [0, 0.05) is 18.2 Å². The fourth-order valence-electron chi connectivity index (χ4n) is 3.12. The monoisotopic (exact) mass is 310 g/mol. The van der Waals surface area contributed by atoms with E-state index >= 15 is 0 Å². The molecule has 1 aromatic heterocycles. The minimum atomic E-state index is -0.118. The van der Waals surface area contributed by atoms with Crippen LogP contribution in [0.4, 0.5) is 11.5 Å². The first kappa shape index (κ1) is 15.5. The van der Waals surface area contributed by atoms with E-state index in [0.717, 1.165) is 29.1 Å². The van der Waals surface area contributed by atoms with Crippen molar-refractivity contribution in [2.45, 2.75) is 39.0 Å². The van der Waals surface area contributed by atoms with Gasteiger partial charge >= 0.3 is 0 Å². The van der Waals surface area contributed by atoms with Gasteiger partial charge in [0.25, 0.3) is 0 Å². The average Bonchev–Trinajstić information content (AvgIpc) is 3.02. The molecule has 0 spiro atoms. The number of benzene rings is 1. The maximum Gasteiger partial charge on any atom is 0.222 e. The summed E-state index contributed by atoms with van der Waals surface area (Å²) in [6.07, 6.45) is 7.59. The Kier molecular flexibility index (Phi) is 4.55. The minimum Gasteiger partial charge on any atom is -0.399 e. The zero-order chi connectivity index (χ0) is 16.2. The van der Waals surface area contributed by atoms with Crippen LogP contribution in [0.25, 0.3) is 11.3 Å². The fraction of sp³-hybridized carbons (Fsp3) is 0.389. The van der Waals surface area contributed by atoms with Crippen LogP contribution in [0.1, 0.15) is 38.3 Å². The maximum atomic E-state index is 11.4. The molecule has 1 fully saturated rings. The fourth-order valence-corrected chi connectivity index (χ4v) is 3.12. The Morgan fingerprint density at radius 1 is 1.26 bits per heavy atom. The molecular formula is C18H22N4O. The second-order valence-corrected chi connectivity index (χ2v) is 6.21. The van der Waals surface area contributed by atoms with E-state index in [1.54, 1.807) is 6.20 Å². The Hall–Kier alpha value is -2.43. The van der Waals surface area contributed by atoms with Crippen LogP contribution in [0.3, 0.4) is 0 Å². The smallest absolute Gasteiger partial charge is 0.222 e. The third-order valence-corrected chi connectivity index (χ3v) is 4.30. The van der Waals surface area contributed by atoms with Crippen molar-refractivity contribution in [1.82, 2.24) is 9.97 Å². The number of nitrogens with zero attached hydrogens (tertiary/aromatic N) is 2. The number of aromatic nitrogens is 2. The lowest BCUT2D eigenvalue weighted by atomic mass is 10.0. The molecule has 5 nitrogen and oxygen atoms in total. The second kappa shape index (κ2) is 6.77. The van der Waals surface area contributed by atoms with Crippen molar-refractivity contribution in [3.63, 3.8) is 0 Å². The van der Waals surface area contributed by atoms with Crippen LogP contribution >= 0.6 is 0 Å². The van der Waals surface area contributed by atoms with Gasteiger partial charge in [-0.2, -0.15) is 0 Å². The quantitative estimate of drug-likeness (QED) is 0.848. The van der Waals surface area contributed by atoms with Gasteiger partial charge in [0.15, 0.2) is 5.82 Å². The lowest BCUT2D eigenvalue weighted by Crippen LogP contribution is -2.13. The number of amides is 1. The van der Waals surface area contributed by atoms with E-state index < -0.39 is 0 Å². The van der Waals surface area contributed by atoms with Crippen LogP contribution in [0.15, 0.2) is 30.5 Å². The first-order valence-corrected chi connectivity index (χ1v) is 8.11. The van der Waals surface area contributed by atoms with Gasteiger partial charge < -0.3 is 11.1 Å². The van der Waals surface area contributed by atoms with Crippen molar-refractivity contribution >= 4 is 17.4 Å². The number of nitrogens with two attached hydrogens (primary N) is 1. The van der Waals surface area contributed by atoms with Crippen molar-refractivity contribution in [2.75, 3.05) is 11.1 Å². The SMILES string of the molecule is CC(=O)Nc1ncc(-c2ccc(N)cc2)nc1CC1CCCC1. The first-order chi connectivity index (χ1) is 11.1. The number of carbonyl (C=O) groups excluding carboxylic acids is 1. The summed E-state index contributed by atoms with van der Waals surface area (Å²) >= 11 is 0. The lowest BCUT2D eigenvalue weighted by molar-refractivity contribution is -0.114. The van der Waals surface area contributed by atoms with Gasteiger partial charge in [0.2, 0.25) is 5.91 Å². The molecule has 0 atom stereocenters. The molecule has 3 N–H and O–H groups in total. The molecule has 1 aromatic carbocycles. The Bertz CT molecular complexity index is 691. The summed E-state index contributed by atoms with van der Waals surface area (Å²) in [4.78, 5) is 20.6. The van der Waals surface area contributed by atoms with Gasteiger partial charge in [-0.15, -0.1) is 0 Å². The average molecular weight is 310 g/mol. The van der Waals surface area contributed by atoms with Crippen LogP contribution < -0.4 is 11.1 Å². The molecule has 120 valence electrons. The number of rotatable bonds is 4. The first-order valence-electron chi connectivity index (χ1n) is 8.11. The molecule has 5 heteroatoms. The molecule has 1 aliphatic rings. The molecule has 1 saturated carbocycles. The standard InChI is InChI=1S/C18H22N4O/c1-12(23)21-18-16(10-13-4-2-3-5-13)22-17(11-20-18)14-6-8-15(19)9-7-14/h6-9,11,13H,2-5,10,19H2,1H3,(H,20,21,23). The highest BCUT2D eigenvalue weighted by Gasteiger charge is 2.19. The van der Waals surface area contributed by atoms with E-state index in [9.17, 15) is 4.79 Å². The molecule has 0 radical (unpaired) electrons. The van der Waals surface area contributed by atoms with E-state index in [-0.39, 0.29) is 5.91 Å². The number of carbonyl (C=O) groups is 1. The zero-order valence-electron chi connectivity index (χ0n) is 13.4. The number of nitrogen functional groups attached to an aromatic ring is 1. The summed E-state index contributed by atoms with van der Waals surface area (Å²) in [5, 5.41) is 2.80. The highest BCUT2D eigenvalue weighted by Crippen LogP contribution is 2.30. The van der Waals surface area contributed by atoms with E-state index in [4.69, 9.17) is 10.7 Å². The highest BCUT2D eigenvalue weighted by molar-refractivity contribution is 5.88. The summed E-state index contributed by atoms with van der Waals surface area (Å²) in [5.74, 6) is 1.11. The van der Waals surface area contributed by atoms with E-state index in [1.165, 1.54) is 32.6 Å². The van der Waals surface area contributed by atoms with Crippen molar-refractivity contribution in [1.29, 1.82) is 0 Å². The number of nitrogens with one attached hydrogen (secondary N) is 1. The topological polar surface area (TPSA) is 80.9 Å². The molecule has 1 amide bonds. The van der Waals surface area contributed by atoms with Crippen LogP contribution in [-0.2, 0) is 11.2 Å². The lowest BCUT2D eigenvalue weighted by Gasteiger charge is -2.13. The molecule has 3 rings (SSSR count). The molecule has 2 aromatic rings. The number of hydrogen-bond acceptors (Lipinski definition) is 4. The molecule has 0 saturated heterocycles. The van der Waals surface area contributed by atoms with Crippen LogP contribution in [0.5, 0.6) is 0 Å². The largest absolute Gasteiger partial charge is 0.399 e. The van der Waals surface area contributed by atoms with Crippen molar-refractivity contribution in [2.24, 2.45) is 5.92 Å². The highest BCUT2D eigenvalue weighted by atomic mass is 16.1. The molecule has 23 heavy (non-hydrogen) atoms. The Morgan fingerprint density at radius 2 is 1.96 bits per heavy atom. The molecular weight excluding hydrogens is 288 g/mol. The molecule has 1 heterocycles. The van der Waals surface area contributed by atoms with E-state index in [1.807, 2.05) is 24.3 Å². The summed E-state index contributed by atoms with van der Waals surface area (Å²) in [6, 6.07) is 7.60. The summed E-state index contributed by atoms with van der Waals surface area (Å²) < 4.78 is 0. The maximum absolute atomic E-state index is 11.4. The Morgan fingerprint density at radius 3 is 2.61 bits per heavy atom. The van der Waals surface area contributed by atoms with E-state index in [0.29, 0.717) is 11.7 Å². The van der Waals surface area contributed by atoms with Gasteiger partial charge in [0.1, 0.15) is 0 Å². The predicted molar refractivity (Wildman–Crippen MR) is 91.8 cm³/mol. The van der Waals surface area contributed by atoms with Crippen molar-refractivity contribution < 1.29 is 4.79 Å². The minimum absolute atomic E-state index is 0.118. The van der Waals surface area contributed by atoms with Gasteiger partial charge in [-0.05, 0) is 24.5 Å². The van der Waals surface area contributed by atoms with Crippen LogP contribution in [0, 0.1) is 5.92 Å². The predicted octanol–water partition coefficient (Wildman–Crippen LogP) is 3.42. The van der Waals surface area contributed by atoms with Gasteiger partial charge in [-0.25, -0.2) is 9.97 Å². The molecule has 0 aliphatic heterocycles. The Balaban J connectivity index is 1.92. The summed E-state index contributed by atoms with van der Waals surface area (Å²) in [5.41, 5.74) is 9.13. The summed E-state index contributed by atoms with van der Waals surface area (Å²) in [6.45, 7) is 1.49. The third-order valence-electron chi connectivity index (χ3n) is 4.30. The summed E-state index contributed by atoms with van der Waals surface area (Å²) in [7, 11) is 0. The molecule has 0 bridgehead atoms. The van der Waals surface area contributed by atoms with E-state index in [2.05, 4.69) is 10.3 Å². The zero-order valence-corrected chi connectivity index (χ0v) is 13.4. The van der Waals surface area contributed by atoms with Crippen molar-refractivity contribution in [3.8, 4) is 11.3 Å². The number of hydrogen-bond donors (Lipinski definition) is 2. The molecule has 1 aliphatic carbocycles. The third kappa shape index (κ3) is 3.86. The van der Waals surface area contributed by atoms with Gasteiger partial charge in [-0.1, -0.05) is 37.8 Å². The second-order valence-electron chi connectivity index (χ2n) is 6.21. The number of anilines is 2. The normalized spacial score (nSPS) is 14.8. The van der Waals surface area contributed by atoms with Crippen molar-refractivity contribution in [3.05, 3.63) is 36.2 Å². The van der Waals surface area contributed by atoms with Gasteiger partial charge in [-0.3, -0.25) is 4.79 Å². The van der Waals surface area contributed by atoms with Crippen LogP contribution in [0.2, 0.25) is 0 Å². The van der Waals surface area contributed by atoms with Gasteiger partial charge in [0.05, 0.1) is 17.6 Å². The molecule has 0 unspecified atom stereocenters. The van der Waals surface area contributed by atoms with Crippen LogP contribution in [-0.4, -0.2) is 15.9 Å².